The number of Topliss-reactive ketones (excluding diaryl/α,β-unsaturated/α-hetero) is 1. The molecule has 0 radical (unpaired) electrons. The van der Waals surface area contributed by atoms with E-state index < -0.39 is 5.60 Å². The fourth-order valence-electron chi connectivity index (χ4n) is 7.43. The summed E-state index contributed by atoms with van der Waals surface area (Å²) in [5, 5.41) is 0. The van der Waals surface area contributed by atoms with E-state index in [2.05, 4.69) is 19.9 Å². The number of allylic oxidation sites excluding steroid dienone is 4. The molecule has 0 spiro atoms. The number of ketones is 2. The highest BCUT2D eigenvalue weighted by molar-refractivity contribution is 6.20. The standard InChI is InChI=1S/C24H31ClO4/c1-14(26)24(29-15(2)27)10-7-20-18-11-16(13-25)21-12-17(28)5-8-22(21,3)19(18)6-9-23(20,24)4/h11-12,18-20H,5-10,13H2,1-4H3/t18?,19-,20?,22+,23+,24-/m1/s1. The van der Waals surface area contributed by atoms with Crippen molar-refractivity contribution in [2.45, 2.75) is 71.8 Å². The number of hydrogen-bond donors (Lipinski definition) is 0. The van der Waals surface area contributed by atoms with Crippen LogP contribution in [0.1, 0.15) is 66.2 Å². The number of ether oxygens (including phenoxy) is 1. The Balaban J connectivity index is 1.81. The molecule has 0 aromatic heterocycles. The van der Waals surface area contributed by atoms with Crippen molar-refractivity contribution in [2.75, 3.05) is 5.88 Å². The van der Waals surface area contributed by atoms with Gasteiger partial charge >= 0.3 is 5.97 Å². The smallest absolute Gasteiger partial charge is 0.303 e. The van der Waals surface area contributed by atoms with Crippen molar-refractivity contribution in [1.82, 2.24) is 0 Å². The summed E-state index contributed by atoms with van der Waals surface area (Å²) in [7, 11) is 0. The number of carbonyl (C=O) groups is 3. The average Bonchev–Trinajstić information content (AvgIpc) is 2.95. The van der Waals surface area contributed by atoms with Gasteiger partial charge in [0.2, 0.25) is 0 Å². The fourth-order valence-corrected chi connectivity index (χ4v) is 7.67. The quantitative estimate of drug-likeness (QED) is 0.488. The second-order valence-corrected chi connectivity index (χ2v) is 10.3. The third-order valence-electron chi connectivity index (χ3n) is 8.85. The minimum absolute atomic E-state index is 0.0384. The summed E-state index contributed by atoms with van der Waals surface area (Å²) in [5.74, 6) is 1.14. The molecule has 0 heterocycles. The zero-order valence-corrected chi connectivity index (χ0v) is 18.6. The molecule has 2 fully saturated rings. The Kier molecular flexibility index (Phi) is 4.88. The molecule has 4 aliphatic rings. The number of carbonyl (C=O) groups excluding carboxylic acids is 3. The average molecular weight is 419 g/mol. The van der Waals surface area contributed by atoms with Gasteiger partial charge in [-0.05, 0) is 79.4 Å². The van der Waals surface area contributed by atoms with Crippen molar-refractivity contribution in [2.24, 2.45) is 28.6 Å². The fraction of sp³-hybridized carbons (Fsp3) is 0.708. The van der Waals surface area contributed by atoms with Gasteiger partial charge in [-0.2, -0.15) is 0 Å². The molecule has 0 amide bonds. The number of halogens is 1. The lowest BCUT2D eigenvalue weighted by atomic mass is 9.47. The molecule has 158 valence electrons. The largest absolute Gasteiger partial charge is 0.451 e. The first-order chi connectivity index (χ1) is 13.6. The second kappa shape index (κ2) is 6.80. The lowest BCUT2D eigenvalue weighted by Gasteiger charge is -2.58. The van der Waals surface area contributed by atoms with Crippen LogP contribution >= 0.6 is 11.6 Å². The summed E-state index contributed by atoms with van der Waals surface area (Å²) in [5.41, 5.74) is 0.747. The SMILES string of the molecule is CC(=O)O[C@@]1(C(C)=O)CCC2C3C=C(CCl)C4=CC(=O)CC[C@@]4(C)[C@@H]3CC[C@@]21C. The molecule has 29 heavy (non-hydrogen) atoms. The molecule has 0 N–H and O–H groups in total. The van der Waals surface area contributed by atoms with E-state index in [0.29, 0.717) is 24.6 Å². The molecular weight excluding hydrogens is 388 g/mol. The lowest BCUT2D eigenvalue weighted by Crippen LogP contribution is -2.58. The Hall–Kier alpha value is -1.42. The Morgan fingerprint density at radius 3 is 2.45 bits per heavy atom. The van der Waals surface area contributed by atoms with Gasteiger partial charge in [-0.25, -0.2) is 0 Å². The van der Waals surface area contributed by atoms with Gasteiger partial charge in [0, 0.05) is 24.6 Å². The van der Waals surface area contributed by atoms with Gasteiger partial charge < -0.3 is 4.74 Å². The zero-order chi connectivity index (χ0) is 21.2. The van der Waals surface area contributed by atoms with Crippen LogP contribution in [0.4, 0.5) is 0 Å². The molecule has 4 rings (SSSR count). The summed E-state index contributed by atoms with van der Waals surface area (Å²) >= 11 is 6.35. The van der Waals surface area contributed by atoms with Crippen LogP contribution in [0.5, 0.6) is 0 Å². The molecule has 4 aliphatic carbocycles. The van der Waals surface area contributed by atoms with Crippen molar-refractivity contribution >= 4 is 29.1 Å². The summed E-state index contributed by atoms with van der Waals surface area (Å²) < 4.78 is 5.82. The van der Waals surface area contributed by atoms with Crippen LogP contribution in [0.15, 0.2) is 23.3 Å². The van der Waals surface area contributed by atoms with Gasteiger partial charge in [0.15, 0.2) is 17.2 Å². The van der Waals surface area contributed by atoms with Gasteiger partial charge in [0.1, 0.15) is 0 Å². The first-order valence-corrected chi connectivity index (χ1v) is 11.4. The van der Waals surface area contributed by atoms with E-state index in [1.54, 1.807) is 6.92 Å². The van der Waals surface area contributed by atoms with Crippen LogP contribution in [0.25, 0.3) is 0 Å². The Labute approximate surface area is 178 Å². The maximum Gasteiger partial charge on any atom is 0.303 e. The summed E-state index contributed by atoms with van der Waals surface area (Å²) in [6, 6.07) is 0. The maximum absolute atomic E-state index is 12.8. The van der Waals surface area contributed by atoms with Crippen LogP contribution in [-0.4, -0.2) is 29.0 Å². The topological polar surface area (TPSA) is 60.4 Å². The molecule has 0 aliphatic heterocycles. The van der Waals surface area contributed by atoms with Crippen LogP contribution in [0.3, 0.4) is 0 Å². The van der Waals surface area contributed by atoms with Gasteiger partial charge in [-0.3, -0.25) is 14.4 Å². The van der Waals surface area contributed by atoms with Crippen molar-refractivity contribution in [3.05, 3.63) is 23.3 Å². The van der Waals surface area contributed by atoms with E-state index in [1.165, 1.54) is 6.92 Å². The van der Waals surface area contributed by atoms with E-state index in [9.17, 15) is 14.4 Å². The van der Waals surface area contributed by atoms with Crippen molar-refractivity contribution in [3.8, 4) is 0 Å². The predicted molar refractivity (Wildman–Crippen MR) is 111 cm³/mol. The number of rotatable bonds is 3. The molecule has 2 unspecified atom stereocenters. The van der Waals surface area contributed by atoms with E-state index >= 15 is 0 Å². The first kappa shape index (κ1) is 20.8. The number of esters is 1. The molecule has 4 nitrogen and oxygen atoms in total. The van der Waals surface area contributed by atoms with Crippen LogP contribution in [-0.2, 0) is 19.1 Å². The van der Waals surface area contributed by atoms with Gasteiger partial charge in [-0.1, -0.05) is 19.9 Å². The highest BCUT2D eigenvalue weighted by Crippen LogP contribution is 2.67. The molecular formula is C24H31ClO4. The molecule has 0 saturated heterocycles. The lowest BCUT2D eigenvalue weighted by molar-refractivity contribution is -0.185. The Morgan fingerprint density at radius 2 is 1.83 bits per heavy atom. The summed E-state index contributed by atoms with van der Waals surface area (Å²) in [6.07, 6.45) is 8.84. The second-order valence-electron chi connectivity index (χ2n) is 10.0. The highest BCUT2D eigenvalue weighted by Gasteiger charge is 2.67. The van der Waals surface area contributed by atoms with Crippen molar-refractivity contribution < 1.29 is 19.1 Å². The minimum Gasteiger partial charge on any atom is -0.451 e. The van der Waals surface area contributed by atoms with E-state index in [-0.39, 0.29) is 40.2 Å². The number of hydrogen-bond acceptors (Lipinski definition) is 4. The van der Waals surface area contributed by atoms with E-state index in [0.717, 1.165) is 36.8 Å². The van der Waals surface area contributed by atoms with Crippen molar-refractivity contribution in [3.63, 3.8) is 0 Å². The normalized spacial score (nSPS) is 43.5. The predicted octanol–water partition coefficient (Wildman–Crippen LogP) is 4.79. The third kappa shape index (κ3) is 2.74. The van der Waals surface area contributed by atoms with E-state index in [4.69, 9.17) is 16.3 Å². The Bertz CT molecular complexity index is 842. The molecule has 5 heteroatoms. The maximum atomic E-state index is 12.8. The zero-order valence-electron chi connectivity index (χ0n) is 17.8. The summed E-state index contributed by atoms with van der Waals surface area (Å²) in [6.45, 7) is 7.41. The van der Waals surface area contributed by atoms with E-state index in [1.807, 2.05) is 6.08 Å². The minimum atomic E-state index is -1.02. The monoisotopic (exact) mass is 418 g/mol. The van der Waals surface area contributed by atoms with Crippen molar-refractivity contribution in [1.29, 1.82) is 0 Å². The van der Waals surface area contributed by atoms with Crippen LogP contribution < -0.4 is 0 Å². The molecule has 0 bridgehead atoms. The number of alkyl halides is 1. The van der Waals surface area contributed by atoms with Crippen LogP contribution in [0, 0.1) is 28.6 Å². The number of fused-ring (bicyclic) bond motifs is 5. The highest BCUT2D eigenvalue weighted by atomic mass is 35.5. The van der Waals surface area contributed by atoms with Crippen LogP contribution in [0.2, 0.25) is 0 Å². The molecule has 0 aromatic carbocycles. The van der Waals surface area contributed by atoms with Gasteiger partial charge in [-0.15, -0.1) is 11.6 Å². The van der Waals surface area contributed by atoms with Gasteiger partial charge in [0.05, 0.1) is 0 Å². The third-order valence-corrected chi connectivity index (χ3v) is 9.14. The molecule has 6 atom stereocenters. The molecule has 0 aromatic rings. The van der Waals surface area contributed by atoms with Gasteiger partial charge in [0.25, 0.3) is 0 Å². The summed E-state index contributed by atoms with van der Waals surface area (Å²) in [4.78, 5) is 36.9. The molecule has 2 saturated carbocycles. The Morgan fingerprint density at radius 1 is 1.14 bits per heavy atom. The first-order valence-electron chi connectivity index (χ1n) is 10.8.